The number of halogens is 1. The van der Waals surface area contributed by atoms with Crippen molar-refractivity contribution < 1.29 is 14.3 Å². The topological polar surface area (TPSA) is 81.2 Å². The molecule has 1 aromatic carbocycles. The van der Waals surface area contributed by atoms with Gasteiger partial charge in [-0.2, -0.15) is 5.10 Å². The molecule has 150 valence electrons. The molecule has 0 aliphatic heterocycles. The predicted molar refractivity (Wildman–Crippen MR) is 110 cm³/mol. The van der Waals surface area contributed by atoms with E-state index in [4.69, 9.17) is 33.3 Å². The quantitative estimate of drug-likeness (QED) is 0.470. The predicted octanol–water partition coefficient (Wildman–Crippen LogP) is 4.06. The van der Waals surface area contributed by atoms with Crippen LogP contribution in [0.1, 0.15) is 43.6 Å². The van der Waals surface area contributed by atoms with Gasteiger partial charge in [0, 0.05) is 12.1 Å². The summed E-state index contributed by atoms with van der Waals surface area (Å²) in [5, 5.41) is 10.2. The molecule has 7 nitrogen and oxygen atoms in total. The van der Waals surface area contributed by atoms with E-state index >= 15 is 0 Å². The van der Waals surface area contributed by atoms with Gasteiger partial charge in [0.1, 0.15) is 0 Å². The number of hydrogen-bond donors (Lipinski definition) is 2. The van der Waals surface area contributed by atoms with Crippen molar-refractivity contribution in [2.75, 3.05) is 13.7 Å². The number of aromatic nitrogens is 3. The molecular weight excluding hydrogens is 400 g/mol. The number of methoxy groups -OCH3 is 1. The largest absolute Gasteiger partial charge is 0.493 e. The van der Waals surface area contributed by atoms with E-state index in [1.807, 2.05) is 11.5 Å². The first-order valence-electron chi connectivity index (χ1n) is 9.15. The highest BCUT2D eigenvalue weighted by atomic mass is 35.5. The normalized spacial score (nSPS) is 13.7. The van der Waals surface area contributed by atoms with Crippen LogP contribution in [0.2, 0.25) is 5.02 Å². The molecule has 1 saturated carbocycles. The second-order valence-electron chi connectivity index (χ2n) is 6.48. The van der Waals surface area contributed by atoms with E-state index in [0.29, 0.717) is 40.5 Å². The lowest BCUT2D eigenvalue weighted by atomic mass is 10.2. The van der Waals surface area contributed by atoms with Gasteiger partial charge in [0.2, 0.25) is 5.91 Å². The van der Waals surface area contributed by atoms with Crippen LogP contribution in [0.4, 0.5) is 0 Å². The maximum atomic E-state index is 12.2. The number of carbonyl (C=O) groups is 1. The standard InChI is InChI=1S/C19H23ClN4O3S/c1-3-8-27-18-14(20)9-12(10-15(18)26-2)4-7-17(25)21-11-16-22-23-19(28)24(16)13-5-6-13/h4,7,9-10,13H,3,5-6,8,11H2,1-2H3,(H,21,25)(H,23,28)/b7-4+. The maximum Gasteiger partial charge on any atom is 0.244 e. The smallest absolute Gasteiger partial charge is 0.244 e. The Morgan fingerprint density at radius 1 is 1.50 bits per heavy atom. The van der Waals surface area contributed by atoms with Gasteiger partial charge in [-0.05, 0) is 55.3 Å². The second kappa shape index (κ2) is 9.25. The SMILES string of the molecule is CCCOc1c(Cl)cc(/C=C/C(=O)NCc2n[nH]c(=S)n2C2CC2)cc1OC. The number of aromatic amines is 1. The highest BCUT2D eigenvalue weighted by Crippen LogP contribution is 2.37. The molecule has 1 amide bonds. The van der Waals surface area contributed by atoms with E-state index in [9.17, 15) is 4.79 Å². The van der Waals surface area contributed by atoms with E-state index < -0.39 is 0 Å². The summed E-state index contributed by atoms with van der Waals surface area (Å²) in [5.74, 6) is 1.53. The average molecular weight is 423 g/mol. The molecule has 1 heterocycles. The summed E-state index contributed by atoms with van der Waals surface area (Å²) in [6.45, 7) is 2.87. The van der Waals surface area contributed by atoms with Gasteiger partial charge in [-0.25, -0.2) is 0 Å². The Balaban J connectivity index is 1.64. The molecule has 1 aromatic heterocycles. The van der Waals surface area contributed by atoms with E-state index in [2.05, 4.69) is 15.5 Å². The Hall–Kier alpha value is -2.32. The lowest BCUT2D eigenvalue weighted by molar-refractivity contribution is -0.116. The van der Waals surface area contributed by atoms with Crippen LogP contribution in [0, 0.1) is 4.77 Å². The van der Waals surface area contributed by atoms with Gasteiger partial charge in [0.25, 0.3) is 0 Å². The fraction of sp³-hybridized carbons (Fsp3) is 0.421. The van der Waals surface area contributed by atoms with E-state index in [0.717, 1.165) is 30.7 Å². The Morgan fingerprint density at radius 3 is 2.96 bits per heavy atom. The van der Waals surface area contributed by atoms with Crippen LogP contribution in [-0.4, -0.2) is 34.4 Å². The van der Waals surface area contributed by atoms with Gasteiger partial charge < -0.3 is 14.8 Å². The van der Waals surface area contributed by atoms with E-state index in [1.54, 1.807) is 25.3 Å². The summed E-state index contributed by atoms with van der Waals surface area (Å²) in [6, 6.07) is 3.91. The van der Waals surface area contributed by atoms with Crippen LogP contribution in [0.3, 0.4) is 0 Å². The Bertz CT molecular complexity index is 934. The number of rotatable bonds is 9. The van der Waals surface area contributed by atoms with Crippen molar-refractivity contribution >= 4 is 35.8 Å². The minimum atomic E-state index is -0.238. The summed E-state index contributed by atoms with van der Waals surface area (Å²) < 4.78 is 13.5. The maximum absolute atomic E-state index is 12.2. The summed E-state index contributed by atoms with van der Waals surface area (Å²) >= 11 is 11.5. The fourth-order valence-corrected chi connectivity index (χ4v) is 3.32. The summed E-state index contributed by atoms with van der Waals surface area (Å²) in [7, 11) is 1.55. The lowest BCUT2D eigenvalue weighted by Gasteiger charge is -2.12. The number of hydrogen-bond acceptors (Lipinski definition) is 5. The van der Waals surface area contributed by atoms with Crippen molar-refractivity contribution in [3.63, 3.8) is 0 Å². The van der Waals surface area contributed by atoms with Crippen LogP contribution >= 0.6 is 23.8 Å². The molecule has 0 bridgehead atoms. The third-order valence-corrected chi connectivity index (χ3v) is 4.81. The molecule has 0 spiro atoms. The van der Waals surface area contributed by atoms with Gasteiger partial charge in [-0.15, -0.1) is 0 Å². The molecule has 2 aromatic rings. The minimum absolute atomic E-state index is 0.238. The molecule has 0 unspecified atom stereocenters. The molecule has 0 saturated heterocycles. The van der Waals surface area contributed by atoms with Crippen LogP contribution < -0.4 is 14.8 Å². The number of ether oxygens (including phenoxy) is 2. The summed E-state index contributed by atoms with van der Waals surface area (Å²) in [4.78, 5) is 12.2. The molecule has 9 heteroatoms. The summed E-state index contributed by atoms with van der Waals surface area (Å²) in [5.41, 5.74) is 0.738. The zero-order valence-electron chi connectivity index (χ0n) is 15.8. The lowest BCUT2D eigenvalue weighted by Crippen LogP contribution is -2.22. The number of benzene rings is 1. The number of amides is 1. The van der Waals surface area contributed by atoms with Gasteiger partial charge in [0.05, 0.1) is 25.3 Å². The molecule has 28 heavy (non-hydrogen) atoms. The highest BCUT2D eigenvalue weighted by molar-refractivity contribution is 7.71. The summed E-state index contributed by atoms with van der Waals surface area (Å²) in [6.07, 6.45) is 6.17. The van der Waals surface area contributed by atoms with Crippen LogP contribution in [0.5, 0.6) is 11.5 Å². The van der Waals surface area contributed by atoms with Crippen LogP contribution in [0.15, 0.2) is 18.2 Å². The first-order valence-corrected chi connectivity index (χ1v) is 9.94. The van der Waals surface area contributed by atoms with E-state index in [1.165, 1.54) is 6.08 Å². The fourth-order valence-electron chi connectivity index (χ4n) is 2.75. The van der Waals surface area contributed by atoms with Crippen molar-refractivity contribution in [3.8, 4) is 11.5 Å². The molecule has 0 atom stereocenters. The number of carbonyl (C=O) groups excluding carboxylic acids is 1. The third-order valence-electron chi connectivity index (χ3n) is 4.24. The second-order valence-corrected chi connectivity index (χ2v) is 7.27. The van der Waals surface area contributed by atoms with Crippen molar-refractivity contribution in [2.45, 2.75) is 38.8 Å². The van der Waals surface area contributed by atoms with Gasteiger partial charge in [-0.3, -0.25) is 14.5 Å². The van der Waals surface area contributed by atoms with Crippen LogP contribution in [-0.2, 0) is 11.3 Å². The van der Waals surface area contributed by atoms with E-state index in [-0.39, 0.29) is 5.91 Å². The first-order chi connectivity index (χ1) is 13.5. The molecule has 2 N–H and O–H groups in total. The van der Waals surface area contributed by atoms with Crippen molar-refractivity contribution in [2.24, 2.45) is 0 Å². The Kier molecular flexibility index (Phi) is 6.74. The van der Waals surface area contributed by atoms with Gasteiger partial charge >= 0.3 is 0 Å². The monoisotopic (exact) mass is 422 g/mol. The average Bonchev–Trinajstić information content (AvgIpc) is 3.45. The van der Waals surface area contributed by atoms with Crippen LogP contribution in [0.25, 0.3) is 6.08 Å². The number of nitrogens with zero attached hydrogens (tertiary/aromatic N) is 2. The number of nitrogens with one attached hydrogen (secondary N) is 2. The molecule has 3 rings (SSSR count). The zero-order valence-corrected chi connectivity index (χ0v) is 17.4. The molecule has 1 fully saturated rings. The van der Waals surface area contributed by atoms with Gasteiger partial charge in [-0.1, -0.05) is 18.5 Å². The molecule has 0 radical (unpaired) electrons. The molecule has 1 aliphatic rings. The number of H-pyrrole nitrogens is 1. The first kappa shape index (κ1) is 20.4. The molecular formula is C19H23ClN4O3S. The third kappa shape index (κ3) is 4.94. The van der Waals surface area contributed by atoms with Crippen molar-refractivity contribution in [1.29, 1.82) is 0 Å². The Morgan fingerprint density at radius 2 is 2.29 bits per heavy atom. The molecule has 1 aliphatic carbocycles. The highest BCUT2D eigenvalue weighted by Gasteiger charge is 2.27. The van der Waals surface area contributed by atoms with Gasteiger partial charge in [0.15, 0.2) is 22.1 Å². The van der Waals surface area contributed by atoms with Crippen molar-refractivity contribution in [3.05, 3.63) is 39.4 Å². The Labute approximate surface area is 173 Å². The minimum Gasteiger partial charge on any atom is -0.493 e. The van der Waals surface area contributed by atoms with Crippen molar-refractivity contribution in [1.82, 2.24) is 20.1 Å². The zero-order chi connectivity index (χ0) is 20.1.